The molecule has 0 aliphatic carbocycles. The Morgan fingerprint density at radius 3 is 2.96 bits per heavy atom. The van der Waals surface area contributed by atoms with Gasteiger partial charge >= 0.3 is 5.97 Å². The lowest BCUT2D eigenvalue weighted by molar-refractivity contribution is -0.139. The number of thiazole rings is 1. The van der Waals surface area contributed by atoms with Crippen molar-refractivity contribution >= 4 is 28.2 Å². The van der Waals surface area contributed by atoms with Gasteiger partial charge in [-0.25, -0.2) is 4.98 Å². The number of carbonyl (C=O) groups is 2. The van der Waals surface area contributed by atoms with Gasteiger partial charge in [0, 0.05) is 23.5 Å². The number of rotatable bonds is 7. The number of nitrogens with zero attached hydrogens (tertiary/aromatic N) is 2. The number of hydrogen-bond donors (Lipinski definition) is 2. The van der Waals surface area contributed by atoms with E-state index in [0.29, 0.717) is 11.3 Å². The highest BCUT2D eigenvalue weighted by atomic mass is 32.1. The molecule has 2 N–H and O–H groups in total. The number of imidazole rings is 1. The van der Waals surface area contributed by atoms with Crippen molar-refractivity contribution in [2.75, 3.05) is 7.11 Å². The molecule has 0 aliphatic rings. The van der Waals surface area contributed by atoms with E-state index in [2.05, 4.69) is 10.3 Å². The summed E-state index contributed by atoms with van der Waals surface area (Å²) < 4.78 is 7.07. The highest BCUT2D eigenvalue weighted by molar-refractivity contribution is 7.15. The fourth-order valence-corrected chi connectivity index (χ4v) is 3.76. The van der Waals surface area contributed by atoms with E-state index < -0.39 is 11.5 Å². The maximum atomic E-state index is 12.6. The molecule has 26 heavy (non-hydrogen) atoms. The summed E-state index contributed by atoms with van der Waals surface area (Å²) in [7, 11) is 1.54. The summed E-state index contributed by atoms with van der Waals surface area (Å²) in [6, 6.07) is 7.06. The Bertz CT molecular complexity index is 949. The number of aromatic nitrogens is 2. The number of fused-ring (bicyclic) bond motifs is 1. The second kappa shape index (κ2) is 7.17. The van der Waals surface area contributed by atoms with Gasteiger partial charge in [0.25, 0.3) is 0 Å². The molecule has 0 spiro atoms. The van der Waals surface area contributed by atoms with Crippen LogP contribution in [0.15, 0.2) is 42.0 Å². The van der Waals surface area contributed by atoms with Gasteiger partial charge < -0.3 is 15.2 Å². The van der Waals surface area contributed by atoms with Gasteiger partial charge in [-0.3, -0.25) is 14.0 Å². The van der Waals surface area contributed by atoms with Crippen LogP contribution in [0.5, 0.6) is 5.75 Å². The van der Waals surface area contributed by atoms with Gasteiger partial charge in [-0.1, -0.05) is 12.1 Å². The van der Waals surface area contributed by atoms with E-state index in [1.165, 1.54) is 11.3 Å². The molecule has 2 aromatic heterocycles. The Morgan fingerprint density at radius 2 is 2.23 bits per heavy atom. The van der Waals surface area contributed by atoms with Crippen molar-refractivity contribution < 1.29 is 19.4 Å². The summed E-state index contributed by atoms with van der Waals surface area (Å²) in [5.74, 6) is -0.653. The molecular formula is C18H19N3O4S. The van der Waals surface area contributed by atoms with Crippen LogP contribution in [-0.2, 0) is 21.5 Å². The predicted molar refractivity (Wildman–Crippen MR) is 97.5 cm³/mol. The summed E-state index contributed by atoms with van der Waals surface area (Å²) in [5.41, 5.74) is 0.427. The first-order valence-corrected chi connectivity index (χ1v) is 8.86. The quantitative estimate of drug-likeness (QED) is 0.664. The van der Waals surface area contributed by atoms with Crippen LogP contribution in [0.3, 0.4) is 0 Å². The predicted octanol–water partition coefficient (Wildman–Crippen LogP) is 2.45. The Morgan fingerprint density at radius 1 is 1.42 bits per heavy atom. The zero-order valence-electron chi connectivity index (χ0n) is 14.4. The fourth-order valence-electron chi connectivity index (χ4n) is 2.90. The molecule has 1 atom stereocenters. The first kappa shape index (κ1) is 17.9. The van der Waals surface area contributed by atoms with Crippen LogP contribution in [0.4, 0.5) is 0 Å². The van der Waals surface area contributed by atoms with Crippen molar-refractivity contribution in [2.45, 2.75) is 25.3 Å². The van der Waals surface area contributed by atoms with Crippen molar-refractivity contribution in [1.29, 1.82) is 0 Å². The van der Waals surface area contributed by atoms with Crippen LogP contribution in [0, 0.1) is 0 Å². The molecule has 0 saturated carbocycles. The summed E-state index contributed by atoms with van der Waals surface area (Å²) in [6.07, 6.45) is 3.37. The Labute approximate surface area is 154 Å². The van der Waals surface area contributed by atoms with Crippen molar-refractivity contribution in [1.82, 2.24) is 14.7 Å². The first-order valence-electron chi connectivity index (χ1n) is 7.98. The van der Waals surface area contributed by atoms with Crippen LogP contribution in [0.2, 0.25) is 0 Å². The molecule has 0 saturated heterocycles. The second-order valence-corrected chi connectivity index (χ2v) is 7.00. The molecule has 1 amide bonds. The molecule has 0 bridgehead atoms. The number of carboxylic acid groups (broad SMARTS) is 1. The third-order valence-corrected chi connectivity index (χ3v) is 5.09. The van der Waals surface area contributed by atoms with Gasteiger partial charge in [0.2, 0.25) is 5.91 Å². The second-order valence-electron chi connectivity index (χ2n) is 6.17. The SMILES string of the molecule is COc1cccc(C(C)(CC(=O)O)NC(=O)Cc2csc3nccn23)c1. The number of carboxylic acids is 1. The Hall–Kier alpha value is -2.87. The average molecular weight is 373 g/mol. The van der Waals surface area contributed by atoms with Crippen molar-refractivity contribution in [3.8, 4) is 5.75 Å². The van der Waals surface area contributed by atoms with E-state index in [1.54, 1.807) is 50.7 Å². The number of hydrogen-bond acceptors (Lipinski definition) is 5. The Kier molecular flexibility index (Phi) is 4.94. The van der Waals surface area contributed by atoms with Crippen LogP contribution >= 0.6 is 11.3 Å². The molecule has 8 heteroatoms. The van der Waals surface area contributed by atoms with Crippen LogP contribution < -0.4 is 10.1 Å². The lowest BCUT2D eigenvalue weighted by Crippen LogP contribution is -2.45. The van der Waals surface area contributed by atoms with Crippen molar-refractivity contribution in [3.63, 3.8) is 0 Å². The summed E-state index contributed by atoms with van der Waals surface area (Å²) in [6.45, 7) is 1.70. The first-order chi connectivity index (χ1) is 12.4. The third-order valence-electron chi connectivity index (χ3n) is 4.19. The number of amides is 1. The highest BCUT2D eigenvalue weighted by Gasteiger charge is 2.32. The topological polar surface area (TPSA) is 92.9 Å². The number of carbonyl (C=O) groups excluding carboxylic acids is 1. The van der Waals surface area contributed by atoms with E-state index in [1.807, 2.05) is 9.78 Å². The third kappa shape index (κ3) is 3.70. The molecule has 0 aliphatic heterocycles. The molecule has 1 aromatic carbocycles. The summed E-state index contributed by atoms with van der Waals surface area (Å²) >= 11 is 1.45. The smallest absolute Gasteiger partial charge is 0.306 e. The largest absolute Gasteiger partial charge is 0.497 e. The molecule has 3 rings (SSSR count). The maximum Gasteiger partial charge on any atom is 0.306 e. The summed E-state index contributed by atoms with van der Waals surface area (Å²) in [5, 5.41) is 14.1. The highest BCUT2D eigenvalue weighted by Crippen LogP contribution is 2.28. The van der Waals surface area contributed by atoms with Crippen molar-refractivity contribution in [3.05, 3.63) is 53.3 Å². The van der Waals surface area contributed by atoms with Crippen LogP contribution in [0.25, 0.3) is 4.96 Å². The number of benzene rings is 1. The molecule has 2 heterocycles. The van der Waals surface area contributed by atoms with E-state index in [4.69, 9.17) is 4.74 Å². The molecule has 3 aromatic rings. The lowest BCUT2D eigenvalue weighted by atomic mass is 9.88. The van der Waals surface area contributed by atoms with Gasteiger partial charge in [-0.05, 0) is 24.6 Å². The van der Waals surface area contributed by atoms with E-state index in [0.717, 1.165) is 10.7 Å². The molecule has 136 valence electrons. The van der Waals surface area contributed by atoms with Gasteiger partial charge in [0.05, 0.1) is 25.5 Å². The molecule has 7 nitrogen and oxygen atoms in total. The van der Waals surface area contributed by atoms with Gasteiger partial charge in [-0.2, -0.15) is 0 Å². The number of methoxy groups -OCH3 is 1. The van der Waals surface area contributed by atoms with Crippen molar-refractivity contribution in [2.24, 2.45) is 0 Å². The maximum absolute atomic E-state index is 12.6. The minimum atomic E-state index is -1.05. The standard InChI is InChI=1S/C18H19N3O4S/c1-18(10-16(23)24,12-4-3-5-14(8-12)25-2)20-15(22)9-13-11-26-17-19-6-7-21(13)17/h3-8,11H,9-10H2,1-2H3,(H,20,22)(H,23,24). The van der Waals surface area contributed by atoms with E-state index in [-0.39, 0.29) is 18.7 Å². The zero-order valence-corrected chi connectivity index (χ0v) is 15.2. The molecule has 0 fully saturated rings. The molecule has 0 radical (unpaired) electrons. The minimum Gasteiger partial charge on any atom is -0.497 e. The number of ether oxygens (including phenoxy) is 1. The molecular weight excluding hydrogens is 354 g/mol. The monoisotopic (exact) mass is 373 g/mol. The van der Waals surface area contributed by atoms with Crippen LogP contribution in [0.1, 0.15) is 24.6 Å². The average Bonchev–Trinajstić information content (AvgIpc) is 3.19. The van der Waals surface area contributed by atoms with Gasteiger partial charge in [-0.15, -0.1) is 11.3 Å². The van der Waals surface area contributed by atoms with Crippen LogP contribution in [-0.4, -0.2) is 33.5 Å². The van der Waals surface area contributed by atoms with Gasteiger partial charge in [0.1, 0.15) is 5.75 Å². The lowest BCUT2D eigenvalue weighted by Gasteiger charge is -2.30. The summed E-state index contributed by atoms with van der Waals surface area (Å²) in [4.78, 5) is 29.0. The van der Waals surface area contributed by atoms with E-state index >= 15 is 0 Å². The zero-order chi connectivity index (χ0) is 18.7. The van der Waals surface area contributed by atoms with Gasteiger partial charge in [0.15, 0.2) is 4.96 Å². The normalized spacial score (nSPS) is 13.3. The number of aliphatic carboxylic acids is 1. The number of nitrogens with one attached hydrogen (secondary N) is 1. The Balaban J connectivity index is 1.84. The van der Waals surface area contributed by atoms with E-state index in [9.17, 15) is 14.7 Å². The molecule has 1 unspecified atom stereocenters. The minimum absolute atomic E-state index is 0.134. The fraction of sp³-hybridized carbons (Fsp3) is 0.278.